The van der Waals surface area contributed by atoms with Crippen molar-refractivity contribution in [1.29, 1.82) is 0 Å². The van der Waals surface area contributed by atoms with Gasteiger partial charge in [0, 0.05) is 23.4 Å². The lowest BCUT2D eigenvalue weighted by atomic mass is 10.0. The number of amides is 1. The number of benzene rings is 2. The van der Waals surface area contributed by atoms with E-state index in [2.05, 4.69) is 12.2 Å². The number of ether oxygens (including phenoxy) is 2. The summed E-state index contributed by atoms with van der Waals surface area (Å²) in [6.45, 7) is 9.08. The van der Waals surface area contributed by atoms with Crippen molar-refractivity contribution in [3.05, 3.63) is 75.6 Å². The minimum absolute atomic E-state index is 0.224. The first-order valence-electron chi connectivity index (χ1n) is 11.9. The number of rotatable bonds is 8. The third-order valence-corrected chi connectivity index (χ3v) is 5.47. The third kappa shape index (κ3) is 7.18. The van der Waals surface area contributed by atoms with E-state index in [9.17, 15) is 14.4 Å². The van der Waals surface area contributed by atoms with E-state index in [1.165, 1.54) is 6.07 Å². The highest BCUT2D eigenvalue weighted by Gasteiger charge is 2.27. The first kappa shape index (κ1) is 26.0. The Morgan fingerprint density at radius 1 is 1.09 bits per heavy atom. The molecule has 0 saturated heterocycles. The molecule has 1 amide bonds. The molecule has 7 heteroatoms. The van der Waals surface area contributed by atoms with E-state index >= 15 is 0 Å². The van der Waals surface area contributed by atoms with E-state index in [0.29, 0.717) is 11.1 Å². The number of hydrogen-bond acceptors (Lipinski definition) is 6. The molecule has 0 aliphatic heterocycles. The summed E-state index contributed by atoms with van der Waals surface area (Å²) in [5, 5.41) is 3.45. The number of alkyl carbamates (subject to hydrolysis) is 1. The number of carbonyl (C=O) groups excluding carboxylic acids is 2. The fourth-order valence-corrected chi connectivity index (χ4v) is 3.77. The zero-order chi connectivity index (χ0) is 25.6. The van der Waals surface area contributed by atoms with Crippen LogP contribution in [0.1, 0.15) is 57.2 Å². The van der Waals surface area contributed by atoms with Crippen LogP contribution in [0, 0.1) is 6.92 Å². The van der Waals surface area contributed by atoms with Gasteiger partial charge in [0.2, 0.25) is 0 Å². The van der Waals surface area contributed by atoms with Crippen LogP contribution in [0.4, 0.5) is 4.79 Å². The summed E-state index contributed by atoms with van der Waals surface area (Å²) < 4.78 is 16.5. The summed E-state index contributed by atoms with van der Waals surface area (Å²) in [6.07, 6.45) is 2.23. The Hall–Kier alpha value is -3.61. The minimum atomic E-state index is -0.981. The minimum Gasteiger partial charge on any atom is -0.444 e. The zero-order valence-corrected chi connectivity index (χ0v) is 21.0. The predicted molar refractivity (Wildman–Crippen MR) is 135 cm³/mol. The second-order valence-electron chi connectivity index (χ2n) is 9.57. The molecule has 35 heavy (non-hydrogen) atoms. The van der Waals surface area contributed by atoms with Crippen LogP contribution in [0.15, 0.2) is 57.7 Å². The SMILES string of the molecule is CCCCc1cc(=O)oc2c(C)c(OC(=O)C(Cc3ccccc3)NC(=O)OC(C)(C)C)ccc12. The molecule has 0 radical (unpaired) electrons. The first-order valence-corrected chi connectivity index (χ1v) is 11.9. The molecule has 7 nitrogen and oxygen atoms in total. The van der Waals surface area contributed by atoms with Crippen molar-refractivity contribution in [3.8, 4) is 5.75 Å². The molecular formula is C28H33NO6. The molecule has 0 aliphatic rings. The number of fused-ring (bicyclic) bond motifs is 1. The van der Waals surface area contributed by atoms with Crippen LogP contribution in [0.2, 0.25) is 0 Å². The summed E-state index contributed by atoms with van der Waals surface area (Å²) >= 11 is 0. The average molecular weight is 480 g/mol. The van der Waals surface area contributed by atoms with Crippen LogP contribution in [0.25, 0.3) is 11.0 Å². The van der Waals surface area contributed by atoms with Gasteiger partial charge in [0.05, 0.1) is 0 Å². The van der Waals surface area contributed by atoms with Crippen LogP contribution < -0.4 is 15.7 Å². The smallest absolute Gasteiger partial charge is 0.408 e. The molecular weight excluding hydrogens is 446 g/mol. The lowest BCUT2D eigenvalue weighted by Crippen LogP contribution is -2.46. The maximum atomic E-state index is 13.2. The zero-order valence-electron chi connectivity index (χ0n) is 21.0. The highest BCUT2D eigenvalue weighted by Crippen LogP contribution is 2.29. The Kier molecular flexibility index (Phi) is 8.33. The summed E-state index contributed by atoms with van der Waals surface area (Å²) in [6, 6.07) is 13.3. The number of esters is 1. The molecule has 3 rings (SSSR count). The van der Waals surface area contributed by atoms with Gasteiger partial charge in [-0.05, 0) is 63.8 Å². The number of carbonyl (C=O) groups is 2. The van der Waals surface area contributed by atoms with Gasteiger partial charge < -0.3 is 19.2 Å². The van der Waals surface area contributed by atoms with Crippen molar-refractivity contribution < 1.29 is 23.5 Å². The van der Waals surface area contributed by atoms with Crippen molar-refractivity contribution in [3.63, 3.8) is 0 Å². The number of unbranched alkanes of at least 4 members (excludes halogenated alkanes) is 1. The van der Waals surface area contributed by atoms with Gasteiger partial charge >= 0.3 is 17.7 Å². The monoisotopic (exact) mass is 479 g/mol. The molecule has 1 heterocycles. The second-order valence-corrected chi connectivity index (χ2v) is 9.57. The molecule has 1 N–H and O–H groups in total. The maximum Gasteiger partial charge on any atom is 0.408 e. The highest BCUT2D eigenvalue weighted by atomic mass is 16.6. The van der Waals surface area contributed by atoms with Crippen LogP contribution in [-0.4, -0.2) is 23.7 Å². The quantitative estimate of drug-likeness (QED) is 0.261. The van der Waals surface area contributed by atoms with Gasteiger partial charge in [-0.25, -0.2) is 14.4 Å². The first-order chi connectivity index (χ1) is 16.6. The van der Waals surface area contributed by atoms with Gasteiger partial charge in [0.1, 0.15) is 23.0 Å². The van der Waals surface area contributed by atoms with Gasteiger partial charge in [-0.15, -0.1) is 0 Å². The van der Waals surface area contributed by atoms with Crippen LogP contribution >= 0.6 is 0 Å². The lowest BCUT2D eigenvalue weighted by molar-refractivity contribution is -0.136. The van der Waals surface area contributed by atoms with Crippen LogP contribution in [0.3, 0.4) is 0 Å². The van der Waals surface area contributed by atoms with E-state index in [0.717, 1.165) is 35.8 Å². The van der Waals surface area contributed by atoms with Crippen molar-refractivity contribution >= 4 is 23.0 Å². The van der Waals surface area contributed by atoms with Gasteiger partial charge in [0.15, 0.2) is 0 Å². The summed E-state index contributed by atoms with van der Waals surface area (Å²) in [5.74, 6) is -0.381. The standard InChI is InChI=1S/C28H33NO6/c1-6-7-13-20-17-24(30)34-25-18(2)23(15-14-21(20)25)33-26(31)22(16-19-11-9-8-10-12-19)29-27(32)35-28(3,4)5/h8-12,14-15,17,22H,6-7,13,16H2,1-5H3,(H,29,32). The van der Waals surface area contributed by atoms with Crippen molar-refractivity contribution in [2.24, 2.45) is 0 Å². The molecule has 0 spiro atoms. The molecule has 0 aliphatic carbocycles. The normalized spacial score (nSPS) is 12.3. The Morgan fingerprint density at radius 2 is 1.80 bits per heavy atom. The van der Waals surface area contributed by atoms with Gasteiger partial charge in [-0.3, -0.25) is 0 Å². The fraction of sp³-hybridized carbons (Fsp3) is 0.393. The average Bonchev–Trinajstić information content (AvgIpc) is 2.78. The lowest BCUT2D eigenvalue weighted by Gasteiger charge is -2.23. The Bertz CT molecular complexity index is 1240. The fourth-order valence-electron chi connectivity index (χ4n) is 3.77. The Labute approximate surface area is 205 Å². The largest absolute Gasteiger partial charge is 0.444 e. The van der Waals surface area contributed by atoms with Crippen molar-refractivity contribution in [2.45, 2.75) is 71.9 Å². The molecule has 1 aromatic heterocycles. The molecule has 0 fully saturated rings. The predicted octanol–water partition coefficient (Wildman–Crippen LogP) is 5.49. The molecule has 1 unspecified atom stereocenters. The molecule has 2 aromatic carbocycles. The number of aryl methyl sites for hydroxylation is 2. The molecule has 186 valence electrons. The van der Waals surface area contributed by atoms with Crippen molar-refractivity contribution in [2.75, 3.05) is 0 Å². The van der Waals surface area contributed by atoms with E-state index in [1.54, 1.807) is 39.8 Å². The van der Waals surface area contributed by atoms with E-state index in [-0.39, 0.29) is 12.2 Å². The van der Waals surface area contributed by atoms with Gasteiger partial charge in [-0.2, -0.15) is 0 Å². The van der Waals surface area contributed by atoms with Gasteiger partial charge in [0.25, 0.3) is 0 Å². The topological polar surface area (TPSA) is 94.8 Å². The van der Waals surface area contributed by atoms with E-state index in [4.69, 9.17) is 13.9 Å². The summed E-state index contributed by atoms with van der Waals surface area (Å²) in [5.41, 5.74) is 1.55. The molecule has 3 aromatic rings. The maximum absolute atomic E-state index is 13.2. The van der Waals surface area contributed by atoms with E-state index in [1.807, 2.05) is 30.3 Å². The van der Waals surface area contributed by atoms with E-state index < -0.39 is 29.3 Å². The Morgan fingerprint density at radius 3 is 2.46 bits per heavy atom. The van der Waals surface area contributed by atoms with Crippen LogP contribution in [0.5, 0.6) is 5.75 Å². The molecule has 0 saturated carbocycles. The third-order valence-electron chi connectivity index (χ3n) is 5.47. The molecule has 1 atom stereocenters. The second kappa shape index (κ2) is 11.2. The van der Waals surface area contributed by atoms with Gasteiger partial charge in [-0.1, -0.05) is 43.7 Å². The van der Waals surface area contributed by atoms with Crippen molar-refractivity contribution in [1.82, 2.24) is 5.32 Å². The summed E-state index contributed by atoms with van der Waals surface area (Å²) in [7, 11) is 0. The molecule has 0 bridgehead atoms. The van der Waals surface area contributed by atoms with Crippen LogP contribution in [-0.2, 0) is 22.4 Å². The summed E-state index contributed by atoms with van der Waals surface area (Å²) in [4.78, 5) is 37.8. The highest BCUT2D eigenvalue weighted by molar-refractivity contribution is 5.88. The number of nitrogens with one attached hydrogen (secondary N) is 1. The Balaban J connectivity index is 1.89. The number of hydrogen-bond donors (Lipinski definition) is 1.